The molecule has 0 atom stereocenters. The predicted octanol–water partition coefficient (Wildman–Crippen LogP) is 3.31. The minimum atomic E-state index is 0.487. The molecule has 1 heterocycles. The van der Waals surface area contributed by atoms with Gasteiger partial charge in [0.2, 0.25) is 0 Å². The van der Waals surface area contributed by atoms with E-state index < -0.39 is 0 Å². The second kappa shape index (κ2) is 5.34. The summed E-state index contributed by atoms with van der Waals surface area (Å²) in [7, 11) is 0. The Kier molecular flexibility index (Phi) is 3.82. The third-order valence-electron chi connectivity index (χ3n) is 2.69. The van der Waals surface area contributed by atoms with E-state index in [1.807, 2.05) is 18.2 Å². The highest BCUT2D eigenvalue weighted by molar-refractivity contribution is 7.99. The van der Waals surface area contributed by atoms with Crippen LogP contribution in [-0.4, -0.2) is 4.98 Å². The third-order valence-corrected chi connectivity index (χ3v) is 3.62. The van der Waals surface area contributed by atoms with Gasteiger partial charge in [0.15, 0.2) is 0 Å². The Labute approximate surface area is 106 Å². The summed E-state index contributed by atoms with van der Waals surface area (Å²) < 4.78 is 0. The van der Waals surface area contributed by atoms with Crippen molar-refractivity contribution in [2.75, 3.05) is 0 Å². The molecular formula is C14H16N2S. The van der Waals surface area contributed by atoms with Gasteiger partial charge < -0.3 is 5.73 Å². The molecule has 1 aromatic carbocycles. The monoisotopic (exact) mass is 244 g/mol. The van der Waals surface area contributed by atoms with Crippen LogP contribution in [0.4, 0.5) is 0 Å². The van der Waals surface area contributed by atoms with Gasteiger partial charge in [-0.25, -0.2) is 4.98 Å². The van der Waals surface area contributed by atoms with Crippen LogP contribution >= 0.6 is 11.8 Å². The van der Waals surface area contributed by atoms with E-state index in [0.717, 1.165) is 10.7 Å². The molecule has 1 aromatic heterocycles. The molecule has 2 aromatic rings. The molecule has 3 heteroatoms. The molecule has 2 rings (SSSR count). The maximum atomic E-state index is 5.58. The van der Waals surface area contributed by atoms with Gasteiger partial charge in [0.05, 0.1) is 5.69 Å². The molecule has 88 valence electrons. The Hall–Kier alpha value is -1.32. The average Bonchev–Trinajstić information content (AvgIpc) is 2.34. The van der Waals surface area contributed by atoms with Crippen molar-refractivity contribution in [2.45, 2.75) is 30.3 Å². The highest BCUT2D eigenvalue weighted by Gasteiger charge is 2.01. The van der Waals surface area contributed by atoms with Gasteiger partial charge in [0.25, 0.3) is 0 Å². The molecule has 0 saturated carbocycles. The average molecular weight is 244 g/mol. The second-order valence-electron chi connectivity index (χ2n) is 4.02. The van der Waals surface area contributed by atoms with E-state index >= 15 is 0 Å². The van der Waals surface area contributed by atoms with E-state index in [2.05, 4.69) is 37.0 Å². The first-order valence-electron chi connectivity index (χ1n) is 5.60. The Morgan fingerprint density at radius 3 is 2.65 bits per heavy atom. The second-order valence-corrected chi connectivity index (χ2v) is 5.11. The zero-order valence-corrected chi connectivity index (χ0v) is 10.9. The first-order valence-corrected chi connectivity index (χ1v) is 6.42. The standard InChI is InChI=1S/C14H16N2S/c1-10-6-7-13(8-11(10)2)17-14-5-3-4-12(9-15)16-14/h3-8H,9,15H2,1-2H3. The van der Waals surface area contributed by atoms with Crippen molar-refractivity contribution < 1.29 is 0 Å². The van der Waals surface area contributed by atoms with E-state index in [1.165, 1.54) is 16.0 Å². The summed E-state index contributed by atoms with van der Waals surface area (Å²) in [5.41, 5.74) is 9.14. The van der Waals surface area contributed by atoms with Crippen molar-refractivity contribution in [3.8, 4) is 0 Å². The lowest BCUT2D eigenvalue weighted by molar-refractivity contribution is 0.942. The largest absolute Gasteiger partial charge is 0.325 e. The smallest absolute Gasteiger partial charge is 0.101 e. The Morgan fingerprint density at radius 2 is 1.94 bits per heavy atom. The summed E-state index contributed by atoms with van der Waals surface area (Å²) in [6, 6.07) is 12.4. The van der Waals surface area contributed by atoms with Crippen LogP contribution in [0.15, 0.2) is 46.3 Å². The number of hydrogen-bond donors (Lipinski definition) is 1. The zero-order chi connectivity index (χ0) is 12.3. The minimum Gasteiger partial charge on any atom is -0.325 e. The van der Waals surface area contributed by atoms with Gasteiger partial charge in [-0.15, -0.1) is 0 Å². The lowest BCUT2D eigenvalue weighted by Gasteiger charge is -2.05. The molecule has 0 radical (unpaired) electrons. The van der Waals surface area contributed by atoms with E-state index in [0.29, 0.717) is 6.54 Å². The lowest BCUT2D eigenvalue weighted by Crippen LogP contribution is -1.99. The molecule has 17 heavy (non-hydrogen) atoms. The molecule has 0 aliphatic carbocycles. The molecule has 0 spiro atoms. The summed E-state index contributed by atoms with van der Waals surface area (Å²) in [5.74, 6) is 0. The number of nitrogens with zero attached hydrogens (tertiary/aromatic N) is 1. The SMILES string of the molecule is Cc1ccc(Sc2cccc(CN)n2)cc1C. The normalized spacial score (nSPS) is 10.5. The predicted molar refractivity (Wildman–Crippen MR) is 72.2 cm³/mol. The fourth-order valence-electron chi connectivity index (χ4n) is 1.53. The number of hydrogen-bond acceptors (Lipinski definition) is 3. The zero-order valence-electron chi connectivity index (χ0n) is 10.1. The van der Waals surface area contributed by atoms with Crippen LogP contribution in [0.1, 0.15) is 16.8 Å². The molecule has 0 amide bonds. The molecular weight excluding hydrogens is 228 g/mol. The first-order chi connectivity index (χ1) is 8.19. The Balaban J connectivity index is 2.22. The van der Waals surface area contributed by atoms with Gasteiger partial charge in [-0.05, 0) is 49.2 Å². The van der Waals surface area contributed by atoms with E-state index in [-0.39, 0.29) is 0 Å². The lowest BCUT2D eigenvalue weighted by atomic mass is 10.1. The Bertz CT molecular complexity index is 523. The number of rotatable bonds is 3. The summed E-state index contributed by atoms with van der Waals surface area (Å²) in [5, 5.41) is 0.996. The minimum absolute atomic E-state index is 0.487. The van der Waals surface area contributed by atoms with Crippen LogP contribution in [0.3, 0.4) is 0 Å². The van der Waals surface area contributed by atoms with Gasteiger partial charge in [0.1, 0.15) is 5.03 Å². The van der Waals surface area contributed by atoms with Gasteiger partial charge in [-0.1, -0.05) is 23.9 Å². The maximum absolute atomic E-state index is 5.58. The van der Waals surface area contributed by atoms with Gasteiger partial charge in [-0.2, -0.15) is 0 Å². The number of aromatic nitrogens is 1. The summed E-state index contributed by atoms with van der Waals surface area (Å²) in [4.78, 5) is 5.69. The highest BCUT2D eigenvalue weighted by Crippen LogP contribution is 2.27. The molecule has 0 bridgehead atoms. The van der Waals surface area contributed by atoms with E-state index in [1.54, 1.807) is 11.8 Å². The fraction of sp³-hybridized carbons (Fsp3) is 0.214. The first kappa shape index (κ1) is 12.1. The van der Waals surface area contributed by atoms with Gasteiger partial charge >= 0.3 is 0 Å². The number of nitrogens with two attached hydrogens (primary N) is 1. The van der Waals surface area contributed by atoms with Crippen molar-refractivity contribution in [2.24, 2.45) is 5.73 Å². The maximum Gasteiger partial charge on any atom is 0.101 e. The fourth-order valence-corrected chi connectivity index (χ4v) is 2.45. The quantitative estimate of drug-likeness (QED) is 0.900. The molecule has 0 unspecified atom stereocenters. The molecule has 2 N–H and O–H groups in total. The molecule has 0 aliphatic heterocycles. The van der Waals surface area contributed by atoms with Gasteiger partial charge in [0, 0.05) is 11.4 Å². The van der Waals surface area contributed by atoms with Crippen molar-refractivity contribution in [3.63, 3.8) is 0 Å². The number of benzene rings is 1. The van der Waals surface area contributed by atoms with E-state index in [9.17, 15) is 0 Å². The van der Waals surface area contributed by atoms with Crippen LogP contribution in [0.25, 0.3) is 0 Å². The highest BCUT2D eigenvalue weighted by atomic mass is 32.2. The molecule has 2 nitrogen and oxygen atoms in total. The van der Waals surface area contributed by atoms with Gasteiger partial charge in [-0.3, -0.25) is 0 Å². The van der Waals surface area contributed by atoms with Crippen molar-refractivity contribution >= 4 is 11.8 Å². The molecule has 0 fully saturated rings. The Morgan fingerprint density at radius 1 is 1.12 bits per heavy atom. The summed E-state index contributed by atoms with van der Waals surface area (Å²) in [6.45, 7) is 4.74. The molecule has 0 aliphatic rings. The number of aryl methyl sites for hydroxylation is 2. The van der Waals surface area contributed by atoms with E-state index in [4.69, 9.17) is 5.73 Å². The van der Waals surface area contributed by atoms with Crippen LogP contribution in [0, 0.1) is 13.8 Å². The van der Waals surface area contributed by atoms with Crippen LogP contribution < -0.4 is 5.73 Å². The van der Waals surface area contributed by atoms with Crippen molar-refractivity contribution in [1.29, 1.82) is 0 Å². The van der Waals surface area contributed by atoms with Crippen molar-refractivity contribution in [1.82, 2.24) is 4.98 Å². The summed E-state index contributed by atoms with van der Waals surface area (Å²) in [6.07, 6.45) is 0. The van der Waals surface area contributed by atoms with Crippen LogP contribution in [0.5, 0.6) is 0 Å². The van der Waals surface area contributed by atoms with Crippen LogP contribution in [0.2, 0.25) is 0 Å². The summed E-state index contributed by atoms with van der Waals surface area (Å²) >= 11 is 1.67. The third kappa shape index (κ3) is 3.08. The molecule has 0 saturated heterocycles. The van der Waals surface area contributed by atoms with Crippen LogP contribution in [-0.2, 0) is 6.54 Å². The topological polar surface area (TPSA) is 38.9 Å². The number of pyridine rings is 1. The van der Waals surface area contributed by atoms with Crippen molar-refractivity contribution in [3.05, 3.63) is 53.2 Å².